The Morgan fingerprint density at radius 3 is 2.80 bits per heavy atom. The number of rotatable bonds is 9. The van der Waals surface area contributed by atoms with E-state index in [4.69, 9.17) is 9.15 Å². The lowest BCUT2D eigenvalue weighted by Crippen LogP contribution is -2.37. The van der Waals surface area contributed by atoms with Crippen LogP contribution >= 0.6 is 0 Å². The van der Waals surface area contributed by atoms with Gasteiger partial charge >= 0.3 is 0 Å². The molecule has 134 valence electrons. The van der Waals surface area contributed by atoms with E-state index in [9.17, 15) is 9.59 Å². The van der Waals surface area contributed by atoms with Crippen LogP contribution in [0.4, 0.5) is 0 Å². The molecule has 0 aliphatic rings. The van der Waals surface area contributed by atoms with E-state index in [1.807, 2.05) is 38.1 Å². The Kier molecular flexibility index (Phi) is 7.07. The molecule has 0 saturated heterocycles. The number of furan rings is 1. The van der Waals surface area contributed by atoms with Crippen molar-refractivity contribution in [2.75, 3.05) is 13.2 Å². The molecule has 25 heavy (non-hydrogen) atoms. The fraction of sp³-hybridized carbons (Fsp3) is 0.368. The lowest BCUT2D eigenvalue weighted by atomic mass is 10.2. The van der Waals surface area contributed by atoms with Gasteiger partial charge in [-0.2, -0.15) is 0 Å². The van der Waals surface area contributed by atoms with Gasteiger partial charge < -0.3 is 19.8 Å². The monoisotopic (exact) mass is 344 g/mol. The summed E-state index contributed by atoms with van der Waals surface area (Å²) in [7, 11) is 0. The molecule has 0 radical (unpaired) electrons. The summed E-state index contributed by atoms with van der Waals surface area (Å²) in [5, 5.41) is 5.59. The van der Waals surface area contributed by atoms with Gasteiger partial charge in [-0.3, -0.25) is 9.59 Å². The minimum Gasteiger partial charge on any atom is -0.491 e. The molecular weight excluding hydrogens is 320 g/mol. The van der Waals surface area contributed by atoms with Gasteiger partial charge in [0.25, 0.3) is 5.91 Å². The topological polar surface area (TPSA) is 80.6 Å². The van der Waals surface area contributed by atoms with Crippen LogP contribution in [-0.2, 0) is 4.79 Å². The Morgan fingerprint density at radius 1 is 1.24 bits per heavy atom. The summed E-state index contributed by atoms with van der Waals surface area (Å²) < 4.78 is 10.7. The van der Waals surface area contributed by atoms with E-state index < -0.39 is 0 Å². The molecule has 2 aromatic rings. The zero-order valence-corrected chi connectivity index (χ0v) is 14.6. The molecule has 1 aromatic carbocycles. The third-order valence-corrected chi connectivity index (χ3v) is 3.51. The van der Waals surface area contributed by atoms with Crippen molar-refractivity contribution in [3.63, 3.8) is 0 Å². The maximum Gasteiger partial charge on any atom is 0.286 e. The molecule has 0 aliphatic heterocycles. The van der Waals surface area contributed by atoms with Gasteiger partial charge in [0, 0.05) is 13.0 Å². The Labute approximate surface area is 147 Å². The number of carbonyl (C=O) groups is 2. The second-order valence-corrected chi connectivity index (χ2v) is 5.93. The van der Waals surface area contributed by atoms with Crippen LogP contribution in [-0.4, -0.2) is 31.0 Å². The molecule has 6 heteroatoms. The number of aryl methyl sites for hydroxylation is 1. The molecule has 1 unspecified atom stereocenters. The first-order valence-electron chi connectivity index (χ1n) is 8.35. The van der Waals surface area contributed by atoms with Crippen molar-refractivity contribution in [1.29, 1.82) is 0 Å². The molecule has 1 heterocycles. The highest BCUT2D eigenvalue weighted by Crippen LogP contribution is 2.12. The SMILES string of the molecule is Cc1cccc(OCC(C)NC(=O)CCCNC(=O)c2ccco2)c1. The van der Waals surface area contributed by atoms with E-state index in [1.54, 1.807) is 12.1 Å². The summed E-state index contributed by atoms with van der Waals surface area (Å²) in [6.07, 6.45) is 2.35. The molecule has 0 saturated carbocycles. The Bertz CT molecular complexity index is 682. The number of hydrogen-bond acceptors (Lipinski definition) is 4. The summed E-state index contributed by atoms with van der Waals surface area (Å²) in [6, 6.07) is 10.9. The van der Waals surface area contributed by atoms with Crippen LogP contribution in [0.15, 0.2) is 47.1 Å². The highest BCUT2D eigenvalue weighted by Gasteiger charge is 2.10. The normalized spacial score (nSPS) is 11.6. The van der Waals surface area contributed by atoms with Gasteiger partial charge in [-0.15, -0.1) is 0 Å². The van der Waals surface area contributed by atoms with E-state index in [0.29, 0.717) is 26.0 Å². The molecule has 1 atom stereocenters. The zero-order chi connectivity index (χ0) is 18.1. The molecule has 1 aromatic heterocycles. The number of amides is 2. The van der Waals surface area contributed by atoms with Gasteiger partial charge in [0.05, 0.1) is 12.3 Å². The largest absolute Gasteiger partial charge is 0.491 e. The lowest BCUT2D eigenvalue weighted by Gasteiger charge is -2.15. The Hall–Kier alpha value is -2.76. The van der Waals surface area contributed by atoms with Crippen molar-refractivity contribution in [2.24, 2.45) is 0 Å². The van der Waals surface area contributed by atoms with E-state index in [0.717, 1.165) is 11.3 Å². The molecule has 0 aliphatic carbocycles. The predicted molar refractivity (Wildman–Crippen MR) is 94.6 cm³/mol. The van der Waals surface area contributed by atoms with Crippen molar-refractivity contribution in [3.8, 4) is 5.75 Å². The van der Waals surface area contributed by atoms with Gasteiger partial charge in [-0.05, 0) is 50.1 Å². The summed E-state index contributed by atoms with van der Waals surface area (Å²) in [6.45, 7) is 4.72. The van der Waals surface area contributed by atoms with Crippen LogP contribution in [0.1, 0.15) is 35.9 Å². The van der Waals surface area contributed by atoms with E-state index in [2.05, 4.69) is 10.6 Å². The molecule has 6 nitrogen and oxygen atoms in total. The van der Waals surface area contributed by atoms with E-state index >= 15 is 0 Å². The highest BCUT2D eigenvalue weighted by molar-refractivity contribution is 5.91. The zero-order valence-electron chi connectivity index (χ0n) is 14.6. The van der Waals surface area contributed by atoms with E-state index in [1.165, 1.54) is 6.26 Å². The fourth-order valence-corrected chi connectivity index (χ4v) is 2.26. The van der Waals surface area contributed by atoms with Crippen molar-refractivity contribution in [3.05, 3.63) is 54.0 Å². The van der Waals surface area contributed by atoms with Gasteiger partial charge in [-0.25, -0.2) is 0 Å². The molecule has 2 N–H and O–H groups in total. The molecular formula is C19H24N2O4. The molecule has 0 spiro atoms. The first-order valence-corrected chi connectivity index (χ1v) is 8.35. The van der Waals surface area contributed by atoms with Gasteiger partial charge in [0.2, 0.25) is 5.91 Å². The van der Waals surface area contributed by atoms with Gasteiger partial charge in [0.15, 0.2) is 5.76 Å². The average molecular weight is 344 g/mol. The Morgan fingerprint density at radius 2 is 2.08 bits per heavy atom. The number of benzene rings is 1. The molecule has 2 rings (SSSR count). The van der Waals surface area contributed by atoms with Crippen LogP contribution < -0.4 is 15.4 Å². The standard InChI is InChI=1S/C19H24N2O4/c1-14-6-3-7-16(12-14)25-13-15(2)21-18(22)9-4-10-20-19(23)17-8-5-11-24-17/h3,5-8,11-12,15H,4,9-10,13H2,1-2H3,(H,20,23)(H,21,22). The quantitative estimate of drug-likeness (QED) is 0.685. The van der Waals surface area contributed by atoms with Gasteiger partial charge in [-0.1, -0.05) is 12.1 Å². The van der Waals surface area contributed by atoms with Crippen LogP contribution in [0.25, 0.3) is 0 Å². The van der Waals surface area contributed by atoms with Crippen molar-refractivity contribution in [1.82, 2.24) is 10.6 Å². The van der Waals surface area contributed by atoms with E-state index in [-0.39, 0.29) is 23.6 Å². The third-order valence-electron chi connectivity index (χ3n) is 3.51. The first-order chi connectivity index (χ1) is 12.0. The van der Waals surface area contributed by atoms with Crippen LogP contribution in [0, 0.1) is 6.92 Å². The summed E-state index contributed by atoms with van der Waals surface area (Å²) in [4.78, 5) is 23.5. The smallest absolute Gasteiger partial charge is 0.286 e. The molecule has 0 bridgehead atoms. The number of ether oxygens (including phenoxy) is 1. The van der Waals surface area contributed by atoms with Crippen molar-refractivity contribution >= 4 is 11.8 Å². The summed E-state index contributed by atoms with van der Waals surface area (Å²) in [5.41, 5.74) is 1.13. The Balaban J connectivity index is 1.58. The number of carbonyl (C=O) groups excluding carboxylic acids is 2. The third kappa shape index (κ3) is 6.71. The lowest BCUT2D eigenvalue weighted by molar-refractivity contribution is -0.122. The fourth-order valence-electron chi connectivity index (χ4n) is 2.26. The minimum atomic E-state index is -0.273. The summed E-state index contributed by atoms with van der Waals surface area (Å²) in [5.74, 6) is 0.728. The van der Waals surface area contributed by atoms with Crippen molar-refractivity contribution < 1.29 is 18.7 Å². The first kappa shape index (κ1) is 18.6. The maximum atomic E-state index is 11.9. The average Bonchev–Trinajstić information content (AvgIpc) is 3.11. The predicted octanol–water partition coefficient (Wildman–Crippen LogP) is 2.68. The van der Waals surface area contributed by atoms with Crippen LogP contribution in [0.3, 0.4) is 0 Å². The molecule has 2 amide bonds. The second kappa shape index (κ2) is 9.52. The number of hydrogen-bond donors (Lipinski definition) is 2. The van der Waals surface area contributed by atoms with Crippen LogP contribution in [0.5, 0.6) is 5.75 Å². The minimum absolute atomic E-state index is 0.0624. The van der Waals surface area contributed by atoms with Crippen LogP contribution in [0.2, 0.25) is 0 Å². The second-order valence-electron chi connectivity index (χ2n) is 5.93. The summed E-state index contributed by atoms with van der Waals surface area (Å²) >= 11 is 0. The van der Waals surface area contributed by atoms with Gasteiger partial charge in [0.1, 0.15) is 12.4 Å². The molecule has 0 fully saturated rings. The highest BCUT2D eigenvalue weighted by atomic mass is 16.5. The maximum absolute atomic E-state index is 11.9. The number of nitrogens with one attached hydrogen (secondary N) is 2. The van der Waals surface area contributed by atoms with Crippen molar-refractivity contribution in [2.45, 2.75) is 32.7 Å².